The first-order valence-electron chi connectivity index (χ1n) is 2.97. The Labute approximate surface area is 65.9 Å². The number of oxime groups is 1. The maximum atomic E-state index is 12.6. The number of rotatable bonds is 1. The minimum absolute atomic E-state index is 0.309. The van der Waals surface area contributed by atoms with E-state index in [1.165, 1.54) is 0 Å². The average Bonchev–Trinajstić information content (AvgIpc) is 2.01. The van der Waals surface area contributed by atoms with Gasteiger partial charge in [0.2, 0.25) is 0 Å². The van der Waals surface area contributed by atoms with Crippen molar-refractivity contribution in [3.05, 3.63) is 35.1 Å². The molecular formula is C7H4F3NO. The largest absolute Gasteiger partial charge is 0.411 e. The molecule has 0 unspecified atom stereocenters. The molecule has 0 aliphatic rings. The Balaban J connectivity index is 3.23. The van der Waals surface area contributed by atoms with E-state index in [0.717, 1.165) is 0 Å². The summed E-state index contributed by atoms with van der Waals surface area (Å²) in [6, 6.07) is 0.983. The molecule has 0 aromatic heterocycles. The van der Waals surface area contributed by atoms with Crippen LogP contribution in [0, 0.1) is 17.5 Å². The molecule has 0 aliphatic carbocycles. The Bertz CT molecular complexity index is 325. The van der Waals surface area contributed by atoms with Gasteiger partial charge >= 0.3 is 0 Å². The molecule has 0 bridgehead atoms. The van der Waals surface area contributed by atoms with Gasteiger partial charge in [0, 0.05) is 11.6 Å². The summed E-state index contributed by atoms with van der Waals surface area (Å²) in [5.41, 5.74) is -0.309. The predicted octanol–water partition coefficient (Wildman–Crippen LogP) is 1.91. The summed E-state index contributed by atoms with van der Waals surface area (Å²) in [7, 11) is 0. The van der Waals surface area contributed by atoms with Crippen LogP contribution in [-0.4, -0.2) is 11.4 Å². The summed E-state index contributed by atoms with van der Waals surface area (Å²) in [4.78, 5) is 0. The SMILES string of the molecule is O/N=C\c1cc(F)c(F)cc1F. The second kappa shape index (κ2) is 3.25. The number of hydrogen-bond acceptors (Lipinski definition) is 2. The van der Waals surface area contributed by atoms with Crippen molar-refractivity contribution in [3.8, 4) is 0 Å². The Hall–Kier alpha value is -1.52. The van der Waals surface area contributed by atoms with Crippen LogP contribution in [0.2, 0.25) is 0 Å². The van der Waals surface area contributed by atoms with Crippen molar-refractivity contribution in [2.24, 2.45) is 5.16 Å². The van der Waals surface area contributed by atoms with Crippen LogP contribution in [0.25, 0.3) is 0 Å². The smallest absolute Gasteiger partial charge is 0.161 e. The Kier molecular flexibility index (Phi) is 2.32. The zero-order valence-electron chi connectivity index (χ0n) is 5.76. The zero-order chi connectivity index (χ0) is 9.14. The maximum absolute atomic E-state index is 12.6. The summed E-state index contributed by atoms with van der Waals surface area (Å²) >= 11 is 0. The van der Waals surface area contributed by atoms with Gasteiger partial charge in [0.15, 0.2) is 11.6 Å². The highest BCUT2D eigenvalue weighted by Gasteiger charge is 2.07. The molecule has 0 fully saturated rings. The van der Waals surface area contributed by atoms with Crippen LogP contribution in [-0.2, 0) is 0 Å². The van der Waals surface area contributed by atoms with Crippen LogP contribution in [0.1, 0.15) is 5.56 Å². The summed E-state index contributed by atoms with van der Waals surface area (Å²) in [5, 5.41) is 10.5. The lowest BCUT2D eigenvalue weighted by atomic mass is 10.2. The molecule has 0 spiro atoms. The number of halogens is 3. The first-order valence-corrected chi connectivity index (χ1v) is 2.97. The Morgan fingerprint density at radius 3 is 2.25 bits per heavy atom. The molecule has 0 atom stereocenters. The number of nitrogens with zero attached hydrogens (tertiary/aromatic N) is 1. The van der Waals surface area contributed by atoms with Gasteiger partial charge in [-0.3, -0.25) is 0 Å². The summed E-state index contributed by atoms with van der Waals surface area (Å²) in [6.07, 6.45) is 0.678. The third kappa shape index (κ3) is 1.55. The minimum atomic E-state index is -1.28. The molecule has 1 aromatic rings. The summed E-state index contributed by atoms with van der Waals surface area (Å²) in [6.45, 7) is 0. The first-order chi connectivity index (χ1) is 5.65. The van der Waals surface area contributed by atoms with Crippen molar-refractivity contribution < 1.29 is 18.4 Å². The molecule has 0 saturated carbocycles. The molecule has 0 aliphatic heterocycles. The van der Waals surface area contributed by atoms with Crippen molar-refractivity contribution in [3.63, 3.8) is 0 Å². The molecule has 1 aromatic carbocycles. The number of benzene rings is 1. The van der Waals surface area contributed by atoms with Gasteiger partial charge in [-0.15, -0.1) is 0 Å². The van der Waals surface area contributed by atoms with Crippen LogP contribution < -0.4 is 0 Å². The van der Waals surface area contributed by atoms with Crippen LogP contribution in [0.4, 0.5) is 13.2 Å². The predicted molar refractivity (Wildman–Crippen MR) is 35.7 cm³/mol. The normalized spacial score (nSPS) is 10.9. The van der Waals surface area contributed by atoms with Gasteiger partial charge in [-0.1, -0.05) is 5.16 Å². The van der Waals surface area contributed by atoms with Gasteiger partial charge in [-0.05, 0) is 6.07 Å². The highest BCUT2D eigenvalue weighted by atomic mass is 19.2. The maximum Gasteiger partial charge on any atom is 0.161 e. The van der Waals surface area contributed by atoms with Crippen LogP contribution >= 0.6 is 0 Å². The van der Waals surface area contributed by atoms with Gasteiger partial charge in [-0.25, -0.2) is 13.2 Å². The lowest BCUT2D eigenvalue weighted by Crippen LogP contribution is -1.93. The monoisotopic (exact) mass is 175 g/mol. The van der Waals surface area contributed by atoms with E-state index >= 15 is 0 Å². The topological polar surface area (TPSA) is 32.6 Å². The standard InChI is InChI=1S/C7H4F3NO/c8-5-2-7(10)6(9)1-4(5)3-11-12/h1-3,12H/b11-3-. The van der Waals surface area contributed by atoms with Gasteiger partial charge in [-0.2, -0.15) is 0 Å². The van der Waals surface area contributed by atoms with E-state index in [9.17, 15) is 13.2 Å². The van der Waals surface area contributed by atoms with Crippen molar-refractivity contribution in [2.45, 2.75) is 0 Å². The molecular weight excluding hydrogens is 171 g/mol. The molecule has 0 amide bonds. The van der Waals surface area contributed by atoms with E-state index in [4.69, 9.17) is 5.21 Å². The molecule has 2 nitrogen and oxygen atoms in total. The molecule has 1 N–H and O–H groups in total. The summed E-state index contributed by atoms with van der Waals surface area (Å²) in [5.74, 6) is -3.44. The fraction of sp³-hybridized carbons (Fsp3) is 0. The molecule has 0 radical (unpaired) electrons. The highest BCUT2D eigenvalue weighted by molar-refractivity contribution is 5.79. The van der Waals surface area contributed by atoms with Crippen molar-refractivity contribution >= 4 is 6.21 Å². The highest BCUT2D eigenvalue weighted by Crippen LogP contribution is 2.11. The van der Waals surface area contributed by atoms with Gasteiger partial charge in [0.25, 0.3) is 0 Å². The van der Waals surface area contributed by atoms with Gasteiger partial charge in [0.1, 0.15) is 5.82 Å². The molecule has 64 valence electrons. The van der Waals surface area contributed by atoms with Crippen molar-refractivity contribution in [2.75, 3.05) is 0 Å². The van der Waals surface area contributed by atoms with E-state index in [-0.39, 0.29) is 5.56 Å². The zero-order valence-corrected chi connectivity index (χ0v) is 5.76. The molecule has 5 heteroatoms. The third-order valence-electron chi connectivity index (χ3n) is 1.24. The third-order valence-corrected chi connectivity index (χ3v) is 1.24. The van der Waals surface area contributed by atoms with Crippen LogP contribution in [0.3, 0.4) is 0 Å². The quantitative estimate of drug-likeness (QED) is 0.300. The first kappa shape index (κ1) is 8.58. The van der Waals surface area contributed by atoms with Gasteiger partial charge < -0.3 is 5.21 Å². The lowest BCUT2D eigenvalue weighted by Gasteiger charge is -1.96. The Morgan fingerprint density at radius 1 is 1.08 bits per heavy atom. The van der Waals surface area contributed by atoms with Gasteiger partial charge in [0.05, 0.1) is 6.21 Å². The fourth-order valence-corrected chi connectivity index (χ4v) is 0.699. The minimum Gasteiger partial charge on any atom is -0.411 e. The molecule has 1 rings (SSSR count). The number of hydrogen-bond donors (Lipinski definition) is 1. The van der Waals surface area contributed by atoms with E-state index in [0.29, 0.717) is 18.3 Å². The van der Waals surface area contributed by atoms with E-state index in [2.05, 4.69) is 5.16 Å². The summed E-state index contributed by atoms with van der Waals surface area (Å²) < 4.78 is 37.3. The van der Waals surface area contributed by atoms with Crippen LogP contribution in [0.15, 0.2) is 17.3 Å². The lowest BCUT2D eigenvalue weighted by molar-refractivity contribution is 0.321. The second-order valence-corrected chi connectivity index (χ2v) is 2.03. The average molecular weight is 175 g/mol. The fourth-order valence-electron chi connectivity index (χ4n) is 0.699. The van der Waals surface area contributed by atoms with E-state index in [1.54, 1.807) is 0 Å². The second-order valence-electron chi connectivity index (χ2n) is 2.03. The van der Waals surface area contributed by atoms with E-state index < -0.39 is 17.5 Å². The van der Waals surface area contributed by atoms with E-state index in [1.807, 2.05) is 0 Å². The molecule has 0 heterocycles. The van der Waals surface area contributed by atoms with Crippen molar-refractivity contribution in [1.82, 2.24) is 0 Å². The van der Waals surface area contributed by atoms with Crippen LogP contribution in [0.5, 0.6) is 0 Å². The molecule has 12 heavy (non-hydrogen) atoms. The Morgan fingerprint density at radius 2 is 1.67 bits per heavy atom. The van der Waals surface area contributed by atoms with Crippen molar-refractivity contribution in [1.29, 1.82) is 0 Å². The molecule has 0 saturated heterocycles.